The largest absolute Gasteiger partial charge is 0.452 e. The third-order valence-electron chi connectivity index (χ3n) is 6.81. The molecule has 158 valence electrons. The van der Waals surface area contributed by atoms with Crippen LogP contribution >= 0.6 is 0 Å². The monoisotopic (exact) mass is 421 g/mol. The van der Waals surface area contributed by atoms with Gasteiger partial charge in [0.2, 0.25) is 10.0 Å². The second kappa shape index (κ2) is 7.53. The molecular formula is C20H27N3O5S. The van der Waals surface area contributed by atoms with E-state index < -0.39 is 28.5 Å². The van der Waals surface area contributed by atoms with Crippen LogP contribution in [0.1, 0.15) is 50.4 Å². The first-order valence-electron chi connectivity index (χ1n) is 9.58. The number of hydrogen-bond acceptors (Lipinski definition) is 6. The molecule has 1 aromatic rings. The van der Waals surface area contributed by atoms with Crippen molar-refractivity contribution in [3.05, 3.63) is 29.8 Å². The van der Waals surface area contributed by atoms with Crippen molar-refractivity contribution in [1.29, 1.82) is 0 Å². The summed E-state index contributed by atoms with van der Waals surface area (Å²) in [6.07, 6.45) is 3.10. The van der Waals surface area contributed by atoms with Crippen LogP contribution in [0, 0.1) is 16.7 Å². The van der Waals surface area contributed by atoms with E-state index in [0.29, 0.717) is 5.92 Å². The summed E-state index contributed by atoms with van der Waals surface area (Å²) in [6, 6.07) is 5.42. The summed E-state index contributed by atoms with van der Waals surface area (Å²) >= 11 is 0. The van der Waals surface area contributed by atoms with E-state index in [1.54, 1.807) is 0 Å². The van der Waals surface area contributed by atoms with Crippen molar-refractivity contribution >= 4 is 27.6 Å². The van der Waals surface area contributed by atoms with Crippen molar-refractivity contribution in [2.24, 2.45) is 21.8 Å². The molecule has 0 saturated heterocycles. The zero-order valence-electron chi connectivity index (χ0n) is 17.1. The molecule has 8 nitrogen and oxygen atoms in total. The van der Waals surface area contributed by atoms with E-state index in [2.05, 4.69) is 36.0 Å². The lowest BCUT2D eigenvalue weighted by Crippen LogP contribution is -2.34. The van der Waals surface area contributed by atoms with Crippen LogP contribution in [0.4, 0.5) is 0 Å². The van der Waals surface area contributed by atoms with Crippen molar-refractivity contribution in [3.8, 4) is 0 Å². The highest BCUT2D eigenvalue weighted by atomic mass is 32.2. The van der Waals surface area contributed by atoms with Crippen LogP contribution in [-0.2, 0) is 19.6 Å². The third-order valence-corrected chi connectivity index (χ3v) is 8.22. The fourth-order valence-electron chi connectivity index (χ4n) is 4.38. The summed E-state index contributed by atoms with van der Waals surface area (Å²) in [7, 11) is -2.40. The number of hydrogen-bond donors (Lipinski definition) is 2. The van der Waals surface area contributed by atoms with Crippen LogP contribution in [0.2, 0.25) is 0 Å². The van der Waals surface area contributed by atoms with E-state index in [1.807, 2.05) is 0 Å². The lowest BCUT2D eigenvalue weighted by atomic mass is 9.70. The minimum atomic E-state index is -3.68. The maximum Gasteiger partial charge on any atom is 0.338 e. The van der Waals surface area contributed by atoms with Crippen molar-refractivity contribution in [3.63, 3.8) is 0 Å². The maximum absolute atomic E-state index is 12.2. The van der Waals surface area contributed by atoms with Gasteiger partial charge in [-0.15, -0.1) is 0 Å². The Kier molecular flexibility index (Phi) is 5.57. The number of esters is 1. The minimum absolute atomic E-state index is 0.0269. The summed E-state index contributed by atoms with van der Waals surface area (Å²) in [6.45, 7) is 6.19. The number of ether oxygens (including phenoxy) is 1. The number of benzene rings is 1. The Morgan fingerprint density at radius 1 is 1.28 bits per heavy atom. The Hall–Kier alpha value is -2.26. The second-order valence-electron chi connectivity index (χ2n) is 8.40. The van der Waals surface area contributed by atoms with Gasteiger partial charge in [-0.3, -0.25) is 4.79 Å². The zero-order valence-corrected chi connectivity index (χ0v) is 17.9. The molecule has 2 aliphatic carbocycles. The summed E-state index contributed by atoms with van der Waals surface area (Å²) in [5.41, 5.74) is 3.65. The quantitative estimate of drug-likeness (QED) is 0.539. The van der Waals surface area contributed by atoms with Gasteiger partial charge in [-0.2, -0.15) is 5.10 Å². The molecule has 3 rings (SSSR count). The fourth-order valence-corrected chi connectivity index (χ4v) is 5.16. The number of carbonyl (C=O) groups is 2. The van der Waals surface area contributed by atoms with E-state index in [-0.39, 0.29) is 21.3 Å². The molecule has 9 heteroatoms. The van der Waals surface area contributed by atoms with Gasteiger partial charge in [0, 0.05) is 11.1 Å². The van der Waals surface area contributed by atoms with Gasteiger partial charge in [0.05, 0.1) is 10.5 Å². The van der Waals surface area contributed by atoms with Crippen LogP contribution in [0.5, 0.6) is 0 Å². The molecular weight excluding hydrogens is 394 g/mol. The molecule has 2 bridgehead atoms. The first kappa shape index (κ1) is 21.4. The minimum Gasteiger partial charge on any atom is -0.452 e. The molecule has 2 N–H and O–H groups in total. The molecule has 1 aromatic carbocycles. The van der Waals surface area contributed by atoms with Crippen molar-refractivity contribution in [1.82, 2.24) is 10.1 Å². The molecule has 2 saturated carbocycles. The van der Waals surface area contributed by atoms with E-state index >= 15 is 0 Å². The predicted molar refractivity (Wildman–Crippen MR) is 108 cm³/mol. The summed E-state index contributed by atoms with van der Waals surface area (Å²) in [5.74, 6) is -0.745. The second-order valence-corrected chi connectivity index (χ2v) is 10.3. The van der Waals surface area contributed by atoms with Crippen LogP contribution in [0.15, 0.2) is 34.3 Å². The SMILES string of the molecule is CNS(=O)(=O)c1cccc(C(=O)OCC(=O)NN=C2CC3CCC2(C)C3(C)C)c1. The molecule has 2 fully saturated rings. The molecule has 0 spiro atoms. The Balaban J connectivity index is 1.58. The van der Waals surface area contributed by atoms with Gasteiger partial charge < -0.3 is 4.74 Å². The Labute approximate surface area is 171 Å². The highest BCUT2D eigenvalue weighted by Gasteiger charge is 2.60. The lowest BCUT2D eigenvalue weighted by Gasteiger charge is -2.34. The number of rotatable bonds is 6. The Bertz CT molecular complexity index is 970. The highest BCUT2D eigenvalue weighted by molar-refractivity contribution is 7.89. The Morgan fingerprint density at radius 3 is 2.59 bits per heavy atom. The van der Waals surface area contributed by atoms with Gasteiger partial charge in [0.25, 0.3) is 5.91 Å². The zero-order chi connectivity index (χ0) is 21.4. The number of carbonyl (C=O) groups excluding carboxylic acids is 2. The van der Waals surface area contributed by atoms with Crippen LogP contribution in [0.25, 0.3) is 0 Å². The van der Waals surface area contributed by atoms with Gasteiger partial charge in [-0.1, -0.05) is 26.8 Å². The van der Waals surface area contributed by atoms with E-state index in [9.17, 15) is 18.0 Å². The molecule has 0 radical (unpaired) electrons. The molecule has 29 heavy (non-hydrogen) atoms. The van der Waals surface area contributed by atoms with E-state index in [1.165, 1.54) is 37.7 Å². The fraction of sp³-hybridized carbons (Fsp3) is 0.550. The van der Waals surface area contributed by atoms with E-state index in [4.69, 9.17) is 4.74 Å². The van der Waals surface area contributed by atoms with Gasteiger partial charge in [0.15, 0.2) is 6.61 Å². The number of nitrogens with one attached hydrogen (secondary N) is 2. The van der Waals surface area contributed by atoms with Gasteiger partial charge in [-0.25, -0.2) is 23.4 Å². The lowest BCUT2D eigenvalue weighted by molar-refractivity contribution is -0.124. The summed E-state index contributed by atoms with van der Waals surface area (Å²) in [5, 5.41) is 4.32. The van der Waals surface area contributed by atoms with Crippen molar-refractivity contribution in [2.45, 2.75) is 44.9 Å². The maximum atomic E-state index is 12.2. The molecule has 2 aliphatic rings. The molecule has 0 aromatic heterocycles. The number of fused-ring (bicyclic) bond motifs is 2. The average Bonchev–Trinajstić information content (AvgIpc) is 3.03. The van der Waals surface area contributed by atoms with Crippen LogP contribution in [0.3, 0.4) is 0 Å². The predicted octanol–water partition coefficient (Wildman–Crippen LogP) is 2.07. The first-order valence-corrected chi connectivity index (χ1v) is 11.1. The normalized spacial score (nSPS) is 26.5. The number of amides is 1. The van der Waals surface area contributed by atoms with Crippen LogP contribution < -0.4 is 10.1 Å². The van der Waals surface area contributed by atoms with E-state index in [0.717, 1.165) is 18.6 Å². The smallest absolute Gasteiger partial charge is 0.338 e. The summed E-state index contributed by atoms with van der Waals surface area (Å²) < 4.78 is 30.9. The molecule has 0 heterocycles. The first-order chi connectivity index (χ1) is 13.5. The average molecular weight is 422 g/mol. The van der Waals surface area contributed by atoms with Gasteiger partial charge >= 0.3 is 5.97 Å². The van der Waals surface area contributed by atoms with Crippen LogP contribution in [-0.4, -0.2) is 39.7 Å². The molecule has 2 unspecified atom stereocenters. The summed E-state index contributed by atoms with van der Waals surface area (Å²) in [4.78, 5) is 24.2. The van der Waals surface area contributed by atoms with Gasteiger partial charge in [0.1, 0.15) is 0 Å². The molecule has 1 amide bonds. The Morgan fingerprint density at radius 2 is 2.00 bits per heavy atom. The number of hydrazone groups is 1. The number of nitrogens with zero attached hydrogens (tertiary/aromatic N) is 1. The van der Waals surface area contributed by atoms with Crippen molar-refractivity contribution < 1.29 is 22.7 Å². The standard InChI is InChI=1S/C20H27N3O5S/c1-19(2)14-8-9-20(19,3)16(11-14)22-23-17(24)12-28-18(25)13-6-5-7-15(10-13)29(26,27)21-4/h5-7,10,14,21H,8-9,11-12H2,1-4H3,(H,23,24). The third kappa shape index (κ3) is 3.81. The highest BCUT2D eigenvalue weighted by Crippen LogP contribution is 2.63. The topological polar surface area (TPSA) is 114 Å². The van der Waals surface area contributed by atoms with Gasteiger partial charge in [-0.05, 0) is 55.8 Å². The molecule has 2 atom stereocenters. The number of sulfonamides is 1. The van der Waals surface area contributed by atoms with Crippen molar-refractivity contribution in [2.75, 3.05) is 13.7 Å². The molecule has 0 aliphatic heterocycles.